The monoisotopic (exact) mass is 145 g/mol. The summed E-state index contributed by atoms with van der Waals surface area (Å²) in [5.74, 6) is 6.28. The molecule has 0 heterocycles. The van der Waals surface area contributed by atoms with Gasteiger partial charge in [0.2, 0.25) is 0 Å². The van der Waals surface area contributed by atoms with Crippen molar-refractivity contribution in [2.45, 2.75) is 20.3 Å². The fraction of sp³-hybridized carbons (Fsp3) is 1.00. The van der Waals surface area contributed by atoms with E-state index in [0.29, 0.717) is 5.92 Å². The Hall–Kier alpha value is -0.120. The summed E-state index contributed by atoms with van der Waals surface area (Å²) in [6.07, 6.45) is 0.989. The van der Waals surface area contributed by atoms with E-state index in [9.17, 15) is 0 Å². The van der Waals surface area contributed by atoms with Crippen LogP contribution < -0.4 is 11.6 Å². The molecule has 3 heteroatoms. The number of hydrazine groups is 1. The van der Waals surface area contributed by atoms with Crippen molar-refractivity contribution in [2.75, 3.05) is 19.6 Å². The highest BCUT2D eigenvalue weighted by atomic mass is 15.4. The van der Waals surface area contributed by atoms with Gasteiger partial charge in [-0.15, -0.1) is 0 Å². The highest BCUT2D eigenvalue weighted by Gasteiger charge is 1.99. The Morgan fingerprint density at radius 3 is 2.40 bits per heavy atom. The SMILES string of the molecule is CC(C)CN(N)CCCN. The Labute approximate surface area is 63.3 Å². The molecule has 0 saturated heterocycles. The van der Waals surface area contributed by atoms with Crippen molar-refractivity contribution in [1.29, 1.82) is 0 Å². The Balaban J connectivity index is 3.16. The Morgan fingerprint density at radius 2 is 2.00 bits per heavy atom. The lowest BCUT2D eigenvalue weighted by molar-refractivity contribution is 0.250. The van der Waals surface area contributed by atoms with Crippen molar-refractivity contribution in [3.05, 3.63) is 0 Å². The number of hydrogen-bond acceptors (Lipinski definition) is 3. The first-order valence-corrected chi connectivity index (χ1v) is 3.86. The molecule has 0 radical (unpaired) electrons. The largest absolute Gasteiger partial charge is 0.330 e. The fourth-order valence-electron chi connectivity index (χ4n) is 0.855. The zero-order valence-corrected chi connectivity index (χ0v) is 7.01. The minimum Gasteiger partial charge on any atom is -0.330 e. The smallest absolute Gasteiger partial charge is 0.0151 e. The molecular formula is C7H19N3. The molecule has 10 heavy (non-hydrogen) atoms. The third-order valence-electron chi connectivity index (χ3n) is 1.25. The van der Waals surface area contributed by atoms with Gasteiger partial charge in [0.1, 0.15) is 0 Å². The summed E-state index contributed by atoms with van der Waals surface area (Å²) in [4.78, 5) is 0. The van der Waals surface area contributed by atoms with Crippen LogP contribution in [0.3, 0.4) is 0 Å². The zero-order valence-electron chi connectivity index (χ0n) is 7.01. The van der Waals surface area contributed by atoms with Crippen LogP contribution in [0.15, 0.2) is 0 Å². The molecule has 0 aliphatic heterocycles. The highest BCUT2D eigenvalue weighted by Crippen LogP contribution is 1.93. The average Bonchev–Trinajstić information content (AvgIpc) is 1.82. The third kappa shape index (κ3) is 6.01. The Morgan fingerprint density at radius 1 is 1.40 bits per heavy atom. The van der Waals surface area contributed by atoms with Crippen LogP contribution in [-0.4, -0.2) is 24.6 Å². The molecule has 62 valence electrons. The molecule has 4 N–H and O–H groups in total. The molecule has 0 saturated carbocycles. The molecule has 0 amide bonds. The van der Waals surface area contributed by atoms with E-state index in [1.54, 1.807) is 0 Å². The Bertz CT molecular complexity index is 73.3. The maximum absolute atomic E-state index is 5.64. The fourth-order valence-corrected chi connectivity index (χ4v) is 0.855. The summed E-state index contributed by atoms with van der Waals surface area (Å²) in [5.41, 5.74) is 5.33. The molecule has 0 atom stereocenters. The summed E-state index contributed by atoms with van der Waals surface area (Å²) < 4.78 is 0. The number of rotatable bonds is 5. The molecule has 0 unspecified atom stereocenters. The van der Waals surface area contributed by atoms with Crippen molar-refractivity contribution in [3.63, 3.8) is 0 Å². The predicted molar refractivity (Wildman–Crippen MR) is 44.3 cm³/mol. The minimum absolute atomic E-state index is 0.641. The molecule has 0 fully saturated rings. The molecule has 3 nitrogen and oxygen atoms in total. The van der Waals surface area contributed by atoms with E-state index in [4.69, 9.17) is 11.6 Å². The van der Waals surface area contributed by atoms with Gasteiger partial charge in [-0.25, -0.2) is 5.01 Å². The standard InChI is InChI=1S/C7H19N3/c1-7(2)6-10(9)5-3-4-8/h7H,3-6,8-9H2,1-2H3. The number of hydrogen-bond donors (Lipinski definition) is 2. The summed E-state index contributed by atoms with van der Waals surface area (Å²) in [7, 11) is 0. The number of nitrogens with zero attached hydrogens (tertiary/aromatic N) is 1. The lowest BCUT2D eigenvalue weighted by Crippen LogP contribution is -2.36. The van der Waals surface area contributed by atoms with Crippen LogP contribution in [0.5, 0.6) is 0 Å². The summed E-state index contributed by atoms with van der Waals surface area (Å²) >= 11 is 0. The average molecular weight is 145 g/mol. The molecule has 0 bridgehead atoms. The Kier molecular flexibility index (Phi) is 5.58. The van der Waals surface area contributed by atoms with E-state index in [1.807, 2.05) is 5.01 Å². The second-order valence-corrected chi connectivity index (χ2v) is 3.03. The van der Waals surface area contributed by atoms with Crippen molar-refractivity contribution >= 4 is 0 Å². The van der Waals surface area contributed by atoms with Gasteiger partial charge in [0, 0.05) is 13.1 Å². The van der Waals surface area contributed by atoms with Gasteiger partial charge in [0.25, 0.3) is 0 Å². The zero-order chi connectivity index (χ0) is 7.98. The molecule has 0 spiro atoms. The van der Waals surface area contributed by atoms with Crippen LogP contribution >= 0.6 is 0 Å². The molecule has 0 aromatic carbocycles. The first-order chi connectivity index (χ1) is 4.66. The first kappa shape index (κ1) is 9.88. The van der Waals surface area contributed by atoms with Crippen molar-refractivity contribution in [2.24, 2.45) is 17.5 Å². The van der Waals surface area contributed by atoms with Crippen LogP contribution in [0.2, 0.25) is 0 Å². The van der Waals surface area contributed by atoms with Gasteiger partial charge in [-0.2, -0.15) is 0 Å². The third-order valence-corrected chi connectivity index (χ3v) is 1.25. The van der Waals surface area contributed by atoms with Crippen LogP contribution in [0.25, 0.3) is 0 Å². The quantitative estimate of drug-likeness (QED) is 0.428. The molecule has 0 rings (SSSR count). The lowest BCUT2D eigenvalue weighted by atomic mass is 10.2. The predicted octanol–water partition coefficient (Wildman–Crippen LogP) is 0.167. The molecule has 0 aliphatic rings. The highest BCUT2D eigenvalue weighted by molar-refractivity contribution is 4.52. The molecular weight excluding hydrogens is 126 g/mol. The molecule has 0 aliphatic carbocycles. The van der Waals surface area contributed by atoms with Gasteiger partial charge in [-0.1, -0.05) is 13.8 Å². The van der Waals surface area contributed by atoms with Gasteiger partial charge >= 0.3 is 0 Å². The van der Waals surface area contributed by atoms with Crippen molar-refractivity contribution < 1.29 is 0 Å². The van der Waals surface area contributed by atoms with Crippen molar-refractivity contribution in [3.8, 4) is 0 Å². The maximum Gasteiger partial charge on any atom is 0.0151 e. The van der Waals surface area contributed by atoms with E-state index in [0.717, 1.165) is 26.1 Å². The van der Waals surface area contributed by atoms with Crippen LogP contribution in [0.1, 0.15) is 20.3 Å². The van der Waals surface area contributed by atoms with Gasteiger partial charge in [-0.05, 0) is 18.9 Å². The number of nitrogens with two attached hydrogens (primary N) is 2. The van der Waals surface area contributed by atoms with E-state index in [-0.39, 0.29) is 0 Å². The van der Waals surface area contributed by atoms with Crippen LogP contribution in [0, 0.1) is 5.92 Å². The summed E-state index contributed by atoms with van der Waals surface area (Å²) in [6.45, 7) is 6.91. The van der Waals surface area contributed by atoms with Gasteiger partial charge in [-0.3, -0.25) is 5.84 Å². The van der Waals surface area contributed by atoms with Crippen LogP contribution in [0.4, 0.5) is 0 Å². The minimum atomic E-state index is 0.641. The molecule has 0 aromatic rings. The normalized spacial score (nSPS) is 11.4. The summed E-state index contributed by atoms with van der Waals surface area (Å²) in [5, 5.41) is 1.83. The van der Waals surface area contributed by atoms with E-state index >= 15 is 0 Å². The van der Waals surface area contributed by atoms with Crippen LogP contribution in [-0.2, 0) is 0 Å². The van der Waals surface area contributed by atoms with E-state index in [2.05, 4.69) is 13.8 Å². The topological polar surface area (TPSA) is 55.3 Å². The first-order valence-electron chi connectivity index (χ1n) is 3.86. The van der Waals surface area contributed by atoms with Gasteiger partial charge in [0.15, 0.2) is 0 Å². The second-order valence-electron chi connectivity index (χ2n) is 3.03. The lowest BCUT2D eigenvalue weighted by Gasteiger charge is -2.17. The van der Waals surface area contributed by atoms with Gasteiger partial charge < -0.3 is 5.73 Å². The maximum atomic E-state index is 5.64. The summed E-state index contributed by atoms with van der Waals surface area (Å²) in [6, 6.07) is 0. The van der Waals surface area contributed by atoms with E-state index < -0.39 is 0 Å². The van der Waals surface area contributed by atoms with Crippen molar-refractivity contribution in [1.82, 2.24) is 5.01 Å². The van der Waals surface area contributed by atoms with E-state index in [1.165, 1.54) is 0 Å². The second kappa shape index (κ2) is 5.65. The molecule has 0 aromatic heterocycles. The van der Waals surface area contributed by atoms with Gasteiger partial charge in [0.05, 0.1) is 0 Å².